The van der Waals surface area contributed by atoms with Gasteiger partial charge in [0.2, 0.25) is 17.7 Å². The predicted molar refractivity (Wildman–Crippen MR) is 110 cm³/mol. The minimum Gasteiger partial charge on any atom is -0.444 e. The summed E-state index contributed by atoms with van der Waals surface area (Å²) in [6, 6.07) is -1.81. The van der Waals surface area contributed by atoms with E-state index in [0.717, 1.165) is 0 Å². The second kappa shape index (κ2) is 7.96. The Hall–Kier alpha value is -2.36. The molecular weight excluding hydrogens is 404 g/mol. The number of aliphatic hydroxyl groups is 1. The van der Waals surface area contributed by atoms with Gasteiger partial charge in [0.15, 0.2) is 6.10 Å². The number of nitrogens with two attached hydrogens (primary N) is 1. The van der Waals surface area contributed by atoms with E-state index < -0.39 is 47.6 Å². The predicted octanol–water partition coefficient (Wildman–Crippen LogP) is -0.265. The average Bonchev–Trinajstić information content (AvgIpc) is 3.00. The molecule has 1 saturated carbocycles. The molecule has 2 aliphatic heterocycles. The van der Waals surface area contributed by atoms with Gasteiger partial charge in [-0.25, -0.2) is 4.79 Å². The Labute approximate surface area is 182 Å². The van der Waals surface area contributed by atoms with Crippen LogP contribution in [0.4, 0.5) is 4.79 Å². The zero-order valence-electron chi connectivity index (χ0n) is 18.8. The molecule has 31 heavy (non-hydrogen) atoms. The van der Waals surface area contributed by atoms with E-state index in [1.54, 1.807) is 20.8 Å². The van der Waals surface area contributed by atoms with Gasteiger partial charge in [0.1, 0.15) is 11.6 Å². The Morgan fingerprint density at radius 2 is 2.00 bits per heavy atom. The Bertz CT molecular complexity index is 776. The molecule has 1 unspecified atom stereocenters. The Morgan fingerprint density at radius 3 is 2.52 bits per heavy atom. The third kappa shape index (κ3) is 4.63. The number of amides is 4. The Morgan fingerprint density at radius 1 is 1.35 bits per heavy atom. The van der Waals surface area contributed by atoms with Gasteiger partial charge in [0.25, 0.3) is 0 Å². The van der Waals surface area contributed by atoms with Crippen LogP contribution in [0.2, 0.25) is 0 Å². The highest BCUT2D eigenvalue weighted by Crippen LogP contribution is 2.65. The quantitative estimate of drug-likeness (QED) is 0.448. The number of ether oxygens (including phenoxy) is 1. The summed E-state index contributed by atoms with van der Waals surface area (Å²) in [4.78, 5) is 51.1. The summed E-state index contributed by atoms with van der Waals surface area (Å²) >= 11 is 0. The third-order valence-corrected chi connectivity index (χ3v) is 6.81. The third-order valence-electron chi connectivity index (χ3n) is 6.81. The van der Waals surface area contributed by atoms with E-state index in [1.807, 2.05) is 13.8 Å². The van der Waals surface area contributed by atoms with E-state index in [1.165, 1.54) is 4.90 Å². The molecule has 0 spiro atoms. The smallest absolute Gasteiger partial charge is 0.410 e. The number of aliphatic hydroxyl groups excluding tert-OH is 1. The van der Waals surface area contributed by atoms with Crippen molar-refractivity contribution >= 4 is 23.8 Å². The monoisotopic (exact) mass is 438 g/mol. The second-order valence-corrected chi connectivity index (χ2v) is 10.5. The van der Waals surface area contributed by atoms with Gasteiger partial charge in [-0.1, -0.05) is 13.8 Å². The van der Waals surface area contributed by atoms with Crippen LogP contribution < -0.4 is 16.4 Å². The average molecular weight is 439 g/mol. The molecule has 2 saturated heterocycles. The number of piperidine rings is 1. The van der Waals surface area contributed by atoms with Gasteiger partial charge in [-0.3, -0.25) is 19.3 Å². The minimum atomic E-state index is -1.64. The fourth-order valence-corrected chi connectivity index (χ4v) is 5.00. The van der Waals surface area contributed by atoms with Crippen LogP contribution in [0.25, 0.3) is 0 Å². The number of carbonyl (C=O) groups excluding carboxylic acids is 4. The highest BCUT2D eigenvalue weighted by molar-refractivity contribution is 5.89. The first kappa shape index (κ1) is 23.3. The van der Waals surface area contributed by atoms with Crippen LogP contribution in [0.15, 0.2) is 0 Å². The molecule has 0 aromatic heterocycles. The lowest BCUT2D eigenvalue weighted by atomic mass is 9.93. The van der Waals surface area contributed by atoms with Crippen molar-refractivity contribution in [2.75, 3.05) is 13.1 Å². The summed E-state index contributed by atoms with van der Waals surface area (Å²) in [5.74, 6) is -1.97. The summed E-state index contributed by atoms with van der Waals surface area (Å²) in [6.45, 7) is 10.3. The highest BCUT2D eigenvalue weighted by Gasteiger charge is 2.69. The summed E-state index contributed by atoms with van der Waals surface area (Å²) in [5.41, 5.74) is 4.46. The van der Waals surface area contributed by atoms with Gasteiger partial charge in [0, 0.05) is 19.0 Å². The number of nitrogens with one attached hydrogen (secondary N) is 2. The van der Waals surface area contributed by atoms with Gasteiger partial charge in [0.05, 0.1) is 6.04 Å². The van der Waals surface area contributed by atoms with Crippen LogP contribution in [-0.4, -0.2) is 70.7 Å². The molecule has 0 bridgehead atoms. The van der Waals surface area contributed by atoms with Crippen molar-refractivity contribution in [3.63, 3.8) is 0 Å². The summed E-state index contributed by atoms with van der Waals surface area (Å²) < 4.78 is 5.48. The second-order valence-electron chi connectivity index (χ2n) is 10.5. The fourth-order valence-electron chi connectivity index (χ4n) is 5.00. The molecule has 1 aliphatic carbocycles. The summed E-state index contributed by atoms with van der Waals surface area (Å²) in [7, 11) is 0. The molecule has 10 nitrogen and oxygen atoms in total. The number of fused-ring (bicyclic) bond motifs is 1. The molecule has 0 aromatic rings. The molecule has 0 aromatic carbocycles. The molecule has 174 valence electrons. The van der Waals surface area contributed by atoms with Gasteiger partial charge in [-0.15, -0.1) is 0 Å². The Kier molecular flexibility index (Phi) is 5.98. The molecule has 3 aliphatic rings. The molecular formula is C21H34N4O6. The molecule has 6 atom stereocenters. The lowest BCUT2D eigenvalue weighted by Gasteiger charge is -2.33. The van der Waals surface area contributed by atoms with E-state index in [0.29, 0.717) is 19.5 Å². The lowest BCUT2D eigenvalue weighted by molar-refractivity contribution is -0.133. The zero-order valence-corrected chi connectivity index (χ0v) is 18.8. The molecule has 3 rings (SSSR count). The van der Waals surface area contributed by atoms with Crippen molar-refractivity contribution in [2.45, 2.75) is 71.2 Å². The highest BCUT2D eigenvalue weighted by atomic mass is 16.6. The number of hydrogen-bond donors (Lipinski definition) is 4. The number of primary amides is 1. The van der Waals surface area contributed by atoms with Crippen LogP contribution in [-0.2, 0) is 19.1 Å². The number of rotatable bonds is 6. The molecule has 10 heteroatoms. The minimum absolute atomic E-state index is 0.0545. The first-order valence-electron chi connectivity index (χ1n) is 10.8. The molecule has 4 amide bonds. The topological polar surface area (TPSA) is 151 Å². The van der Waals surface area contributed by atoms with E-state index in [-0.39, 0.29) is 29.6 Å². The van der Waals surface area contributed by atoms with Gasteiger partial charge < -0.3 is 26.2 Å². The normalized spacial score (nSPS) is 30.8. The summed E-state index contributed by atoms with van der Waals surface area (Å²) in [5, 5.41) is 15.7. The lowest BCUT2D eigenvalue weighted by Crippen LogP contribution is -2.57. The van der Waals surface area contributed by atoms with Crippen molar-refractivity contribution in [2.24, 2.45) is 28.9 Å². The van der Waals surface area contributed by atoms with Crippen LogP contribution in [0.1, 0.15) is 47.5 Å². The number of likely N-dealkylation sites (tertiary alicyclic amines) is 1. The van der Waals surface area contributed by atoms with Gasteiger partial charge in [-0.2, -0.15) is 0 Å². The maximum atomic E-state index is 13.3. The van der Waals surface area contributed by atoms with Crippen LogP contribution in [0.3, 0.4) is 0 Å². The largest absolute Gasteiger partial charge is 0.444 e. The van der Waals surface area contributed by atoms with Gasteiger partial charge >= 0.3 is 6.09 Å². The van der Waals surface area contributed by atoms with Crippen LogP contribution >= 0.6 is 0 Å². The van der Waals surface area contributed by atoms with Crippen molar-refractivity contribution in [3.05, 3.63) is 0 Å². The van der Waals surface area contributed by atoms with Crippen LogP contribution in [0.5, 0.6) is 0 Å². The van der Waals surface area contributed by atoms with Crippen molar-refractivity contribution in [1.29, 1.82) is 0 Å². The van der Waals surface area contributed by atoms with Crippen molar-refractivity contribution in [1.82, 2.24) is 15.5 Å². The first-order valence-corrected chi connectivity index (χ1v) is 10.8. The molecule has 3 fully saturated rings. The van der Waals surface area contributed by atoms with Crippen molar-refractivity contribution in [3.8, 4) is 0 Å². The summed E-state index contributed by atoms with van der Waals surface area (Å²) in [6.07, 6.45) is -1.59. The first-order chi connectivity index (χ1) is 14.2. The number of carbonyl (C=O) groups is 4. The molecule has 2 heterocycles. The number of hydrogen-bond acceptors (Lipinski definition) is 6. The van der Waals surface area contributed by atoms with Crippen LogP contribution in [0, 0.1) is 23.2 Å². The van der Waals surface area contributed by atoms with E-state index in [4.69, 9.17) is 10.5 Å². The molecule has 5 N–H and O–H groups in total. The maximum Gasteiger partial charge on any atom is 0.410 e. The maximum absolute atomic E-state index is 13.3. The van der Waals surface area contributed by atoms with E-state index >= 15 is 0 Å². The standard InChI is InChI=1S/C21H34N4O6/c1-20(2,3)31-19(30)25-9-11-13(21(11,4)5)14(25)18(29)24-12(15(26)16(22)27)8-10-6-7-23-17(10)28/h10-15,26H,6-9H2,1-5H3,(H2,22,27)(H,23,28)(H,24,29)/t10-,11-,12-,13-,14-,15?/m0/s1. The fraction of sp³-hybridized carbons (Fsp3) is 0.810. The molecule has 0 radical (unpaired) electrons. The Balaban J connectivity index is 1.78. The van der Waals surface area contributed by atoms with Gasteiger partial charge in [-0.05, 0) is 50.9 Å². The van der Waals surface area contributed by atoms with E-state index in [9.17, 15) is 24.3 Å². The SMILES string of the molecule is CC(C)(C)OC(=O)N1C[C@H]2[C@@H]([C@H]1C(=O)N[C@@H](C[C@@H]1CCNC1=O)C(O)C(N)=O)C2(C)C. The van der Waals surface area contributed by atoms with E-state index in [2.05, 4.69) is 10.6 Å². The van der Waals surface area contributed by atoms with Crippen molar-refractivity contribution < 1.29 is 29.0 Å². The zero-order chi connectivity index (χ0) is 23.3. The number of nitrogens with zero attached hydrogens (tertiary/aromatic N) is 1.